The molecular formula is C19H22Cl2N2O4. The van der Waals surface area contributed by atoms with Gasteiger partial charge in [-0.05, 0) is 30.5 Å². The third kappa shape index (κ3) is 6.26. The predicted octanol–water partition coefficient (Wildman–Crippen LogP) is 3.22. The van der Waals surface area contributed by atoms with Gasteiger partial charge in [-0.15, -0.1) is 0 Å². The van der Waals surface area contributed by atoms with Crippen LogP contribution in [0.5, 0.6) is 0 Å². The summed E-state index contributed by atoms with van der Waals surface area (Å²) in [4.78, 5) is 36.7. The minimum Gasteiger partial charge on any atom is -0.481 e. The number of aliphatic carboxylic acids is 1. The molecule has 1 heterocycles. The lowest BCUT2D eigenvalue weighted by molar-refractivity contribution is -0.143. The van der Waals surface area contributed by atoms with Crippen LogP contribution in [0, 0.1) is 5.92 Å². The van der Waals surface area contributed by atoms with Crippen molar-refractivity contribution in [2.24, 2.45) is 5.92 Å². The van der Waals surface area contributed by atoms with Gasteiger partial charge in [-0.1, -0.05) is 42.3 Å². The average molecular weight is 413 g/mol. The Bertz CT molecular complexity index is 743. The maximum Gasteiger partial charge on any atom is 0.306 e. The molecular weight excluding hydrogens is 391 g/mol. The number of carboxylic acids is 1. The standard InChI is InChI=1S/C19H22Cl2N2O4/c1-12(19(26)27)11-16(24)22-14-7-9-23(10-8-14)17(25)6-5-13-3-2-4-15(20)18(13)21/h2-6,12,14H,7-11H2,1H3,(H,22,24)(H,26,27). The molecule has 1 saturated heterocycles. The van der Waals surface area contributed by atoms with E-state index in [1.54, 1.807) is 29.2 Å². The van der Waals surface area contributed by atoms with E-state index in [2.05, 4.69) is 5.32 Å². The Balaban J connectivity index is 1.82. The number of rotatable bonds is 6. The van der Waals surface area contributed by atoms with E-state index in [0.717, 1.165) is 0 Å². The van der Waals surface area contributed by atoms with Crippen LogP contribution in [0.4, 0.5) is 0 Å². The molecule has 0 aliphatic carbocycles. The molecule has 2 amide bonds. The fourth-order valence-corrected chi connectivity index (χ4v) is 3.18. The van der Waals surface area contributed by atoms with Crippen LogP contribution in [0.15, 0.2) is 24.3 Å². The highest BCUT2D eigenvalue weighted by Crippen LogP contribution is 2.26. The molecule has 6 nitrogen and oxygen atoms in total. The Hall–Kier alpha value is -2.05. The topological polar surface area (TPSA) is 86.7 Å². The van der Waals surface area contributed by atoms with Gasteiger partial charge in [0.05, 0.1) is 16.0 Å². The van der Waals surface area contributed by atoms with Crippen molar-refractivity contribution in [2.45, 2.75) is 32.2 Å². The van der Waals surface area contributed by atoms with Crippen molar-refractivity contribution < 1.29 is 19.5 Å². The summed E-state index contributed by atoms with van der Waals surface area (Å²) in [5.41, 5.74) is 0.673. The summed E-state index contributed by atoms with van der Waals surface area (Å²) in [6.07, 6.45) is 4.32. The number of likely N-dealkylation sites (tertiary alicyclic amines) is 1. The summed E-state index contributed by atoms with van der Waals surface area (Å²) in [6, 6.07) is 5.17. The Kier molecular flexibility index (Phi) is 7.68. The molecule has 0 aromatic heterocycles. The van der Waals surface area contributed by atoms with Gasteiger partial charge in [0.2, 0.25) is 11.8 Å². The van der Waals surface area contributed by atoms with E-state index < -0.39 is 11.9 Å². The zero-order chi connectivity index (χ0) is 20.0. The number of amides is 2. The van der Waals surface area contributed by atoms with E-state index in [0.29, 0.717) is 41.5 Å². The number of benzene rings is 1. The van der Waals surface area contributed by atoms with E-state index in [1.807, 2.05) is 0 Å². The number of halogens is 2. The van der Waals surface area contributed by atoms with Gasteiger partial charge in [-0.2, -0.15) is 0 Å². The molecule has 8 heteroatoms. The molecule has 1 aromatic rings. The van der Waals surface area contributed by atoms with Gasteiger partial charge in [0.1, 0.15) is 0 Å². The highest BCUT2D eigenvalue weighted by Gasteiger charge is 2.24. The van der Waals surface area contributed by atoms with E-state index in [9.17, 15) is 14.4 Å². The van der Waals surface area contributed by atoms with Crippen LogP contribution < -0.4 is 5.32 Å². The number of piperidine rings is 1. The molecule has 0 saturated carbocycles. The normalized spacial score (nSPS) is 16.3. The first kappa shape index (κ1) is 21.3. The minimum atomic E-state index is -0.989. The maximum atomic E-state index is 12.3. The number of hydrogen-bond donors (Lipinski definition) is 2. The van der Waals surface area contributed by atoms with Crippen LogP contribution in [0.3, 0.4) is 0 Å². The second kappa shape index (κ2) is 9.76. The van der Waals surface area contributed by atoms with Crippen LogP contribution >= 0.6 is 23.2 Å². The van der Waals surface area contributed by atoms with Crippen LogP contribution in [0.2, 0.25) is 10.0 Å². The molecule has 1 aliphatic rings. The summed E-state index contributed by atoms with van der Waals surface area (Å²) in [5.74, 6) is -2.10. The van der Waals surface area contributed by atoms with E-state index in [-0.39, 0.29) is 24.3 Å². The van der Waals surface area contributed by atoms with Gasteiger partial charge < -0.3 is 15.3 Å². The number of carbonyl (C=O) groups excluding carboxylic acids is 2. The molecule has 1 aliphatic heterocycles. The quantitative estimate of drug-likeness (QED) is 0.702. The van der Waals surface area contributed by atoms with Crippen LogP contribution in [-0.4, -0.2) is 46.9 Å². The van der Waals surface area contributed by atoms with Crippen LogP contribution in [0.25, 0.3) is 6.08 Å². The molecule has 2 N–H and O–H groups in total. The third-order valence-corrected chi connectivity index (χ3v) is 5.31. The lowest BCUT2D eigenvalue weighted by Crippen LogP contribution is -2.46. The molecule has 27 heavy (non-hydrogen) atoms. The number of hydrogen-bond acceptors (Lipinski definition) is 3. The van der Waals surface area contributed by atoms with Gasteiger partial charge in [0.15, 0.2) is 0 Å². The molecule has 0 bridgehead atoms. The molecule has 0 spiro atoms. The van der Waals surface area contributed by atoms with E-state index in [1.165, 1.54) is 13.0 Å². The maximum absolute atomic E-state index is 12.3. The second-order valence-electron chi connectivity index (χ2n) is 6.59. The highest BCUT2D eigenvalue weighted by molar-refractivity contribution is 6.42. The van der Waals surface area contributed by atoms with Gasteiger partial charge >= 0.3 is 5.97 Å². The predicted molar refractivity (Wildman–Crippen MR) is 105 cm³/mol. The summed E-state index contributed by atoms with van der Waals surface area (Å²) >= 11 is 12.1. The first-order valence-electron chi connectivity index (χ1n) is 8.71. The van der Waals surface area contributed by atoms with Crippen molar-refractivity contribution in [3.63, 3.8) is 0 Å². The van der Waals surface area contributed by atoms with Crippen LogP contribution in [-0.2, 0) is 14.4 Å². The zero-order valence-electron chi connectivity index (χ0n) is 15.0. The largest absolute Gasteiger partial charge is 0.481 e. The first-order chi connectivity index (χ1) is 12.8. The Morgan fingerprint density at radius 3 is 2.59 bits per heavy atom. The van der Waals surface area contributed by atoms with E-state index >= 15 is 0 Å². The molecule has 2 rings (SSSR count). The SMILES string of the molecule is CC(CC(=O)NC1CCN(C(=O)C=Cc2cccc(Cl)c2Cl)CC1)C(=O)O. The molecule has 146 valence electrons. The van der Waals surface area contributed by atoms with Gasteiger partial charge in [0.25, 0.3) is 0 Å². The molecule has 1 aromatic carbocycles. The summed E-state index contributed by atoms with van der Waals surface area (Å²) in [6.45, 7) is 2.54. The lowest BCUT2D eigenvalue weighted by atomic mass is 10.0. The van der Waals surface area contributed by atoms with Gasteiger partial charge in [-0.25, -0.2) is 0 Å². The van der Waals surface area contributed by atoms with Crippen molar-refractivity contribution in [2.75, 3.05) is 13.1 Å². The van der Waals surface area contributed by atoms with Crippen molar-refractivity contribution in [3.05, 3.63) is 39.9 Å². The molecule has 1 atom stereocenters. The zero-order valence-corrected chi connectivity index (χ0v) is 16.5. The molecule has 0 radical (unpaired) electrons. The Morgan fingerprint density at radius 1 is 1.30 bits per heavy atom. The van der Waals surface area contributed by atoms with Crippen molar-refractivity contribution in [1.29, 1.82) is 0 Å². The fraction of sp³-hybridized carbons (Fsp3) is 0.421. The summed E-state index contributed by atoms with van der Waals surface area (Å²) in [5, 5.41) is 12.5. The fourth-order valence-electron chi connectivity index (χ4n) is 2.81. The van der Waals surface area contributed by atoms with Crippen molar-refractivity contribution in [3.8, 4) is 0 Å². The highest BCUT2D eigenvalue weighted by atomic mass is 35.5. The number of carboxylic acid groups (broad SMARTS) is 1. The van der Waals surface area contributed by atoms with Gasteiger partial charge in [-0.3, -0.25) is 14.4 Å². The monoisotopic (exact) mass is 412 g/mol. The summed E-state index contributed by atoms with van der Waals surface area (Å²) < 4.78 is 0. The minimum absolute atomic E-state index is 0.0440. The Morgan fingerprint density at radius 2 is 1.96 bits per heavy atom. The number of nitrogens with one attached hydrogen (secondary N) is 1. The van der Waals surface area contributed by atoms with Crippen LogP contribution in [0.1, 0.15) is 31.7 Å². The van der Waals surface area contributed by atoms with Crippen molar-refractivity contribution >= 4 is 47.1 Å². The van der Waals surface area contributed by atoms with Crippen molar-refractivity contribution in [1.82, 2.24) is 10.2 Å². The Labute approximate surface area is 168 Å². The number of carbonyl (C=O) groups is 3. The number of nitrogens with zero attached hydrogens (tertiary/aromatic N) is 1. The molecule has 1 fully saturated rings. The first-order valence-corrected chi connectivity index (χ1v) is 9.46. The molecule has 1 unspecified atom stereocenters. The average Bonchev–Trinajstić information content (AvgIpc) is 2.63. The van der Waals surface area contributed by atoms with Gasteiger partial charge in [0, 0.05) is 31.6 Å². The van der Waals surface area contributed by atoms with E-state index in [4.69, 9.17) is 28.3 Å². The lowest BCUT2D eigenvalue weighted by Gasteiger charge is -2.32. The smallest absolute Gasteiger partial charge is 0.306 e. The summed E-state index contributed by atoms with van der Waals surface area (Å²) in [7, 11) is 0. The third-order valence-electron chi connectivity index (χ3n) is 4.47. The second-order valence-corrected chi connectivity index (χ2v) is 7.37.